The van der Waals surface area contributed by atoms with Crippen molar-refractivity contribution in [2.75, 3.05) is 19.3 Å². The van der Waals surface area contributed by atoms with Crippen LogP contribution in [0.15, 0.2) is 41.6 Å². The van der Waals surface area contributed by atoms with Gasteiger partial charge in [0, 0.05) is 13.1 Å². The molecule has 0 atom stereocenters. The number of aryl methyl sites for hydroxylation is 1. The van der Waals surface area contributed by atoms with E-state index in [9.17, 15) is 10.1 Å². The first-order chi connectivity index (χ1) is 9.17. The van der Waals surface area contributed by atoms with E-state index in [4.69, 9.17) is 0 Å². The number of benzene rings is 1. The summed E-state index contributed by atoms with van der Waals surface area (Å²) in [6, 6.07) is 10.3. The van der Waals surface area contributed by atoms with Crippen LogP contribution in [0.25, 0.3) is 0 Å². The standard InChI is InChI=1S/C14H20N2O2S/c1-3-15(14(19-2)12-16(17)18)11-7-10-13-8-5-4-6-9-13/h4-6,8-9,12H,3,7,10-11H2,1-2H3. The summed E-state index contributed by atoms with van der Waals surface area (Å²) in [5, 5.41) is 11.3. The Morgan fingerprint density at radius 3 is 2.63 bits per heavy atom. The average Bonchev–Trinajstić information content (AvgIpc) is 2.42. The van der Waals surface area contributed by atoms with Gasteiger partial charge in [0.1, 0.15) is 5.03 Å². The van der Waals surface area contributed by atoms with Crippen molar-refractivity contribution in [1.82, 2.24) is 4.90 Å². The van der Waals surface area contributed by atoms with Gasteiger partial charge in [-0.1, -0.05) is 30.3 Å². The molecule has 0 aromatic heterocycles. The van der Waals surface area contributed by atoms with Gasteiger partial charge >= 0.3 is 0 Å². The van der Waals surface area contributed by atoms with Gasteiger partial charge < -0.3 is 4.90 Å². The van der Waals surface area contributed by atoms with E-state index in [-0.39, 0.29) is 4.92 Å². The Morgan fingerprint density at radius 2 is 2.11 bits per heavy atom. The van der Waals surface area contributed by atoms with Crippen LogP contribution in [0.4, 0.5) is 0 Å². The Labute approximate surface area is 118 Å². The minimum atomic E-state index is -0.383. The van der Waals surface area contributed by atoms with Crippen molar-refractivity contribution >= 4 is 11.8 Å². The summed E-state index contributed by atoms with van der Waals surface area (Å²) in [7, 11) is 0. The van der Waals surface area contributed by atoms with Crippen LogP contribution >= 0.6 is 11.8 Å². The van der Waals surface area contributed by atoms with E-state index in [1.807, 2.05) is 31.4 Å². The number of thioether (sulfide) groups is 1. The molecular weight excluding hydrogens is 260 g/mol. The van der Waals surface area contributed by atoms with Gasteiger partial charge in [-0.25, -0.2) is 0 Å². The van der Waals surface area contributed by atoms with Gasteiger partial charge in [0.25, 0.3) is 6.20 Å². The SMILES string of the molecule is CCN(CCCc1ccccc1)C(=C[N+](=O)[O-])SC. The van der Waals surface area contributed by atoms with Crippen LogP contribution in [0.2, 0.25) is 0 Å². The van der Waals surface area contributed by atoms with Crippen molar-refractivity contribution in [3.05, 3.63) is 57.2 Å². The molecule has 0 radical (unpaired) electrons. The molecule has 0 aliphatic heterocycles. The van der Waals surface area contributed by atoms with Gasteiger partial charge in [-0.05, 0) is 31.6 Å². The maximum atomic E-state index is 10.6. The van der Waals surface area contributed by atoms with E-state index in [1.165, 1.54) is 17.3 Å². The number of nitro groups is 1. The highest BCUT2D eigenvalue weighted by molar-refractivity contribution is 8.02. The summed E-state index contributed by atoms with van der Waals surface area (Å²) in [5.74, 6) is 0. The van der Waals surface area contributed by atoms with Crippen molar-refractivity contribution < 1.29 is 4.92 Å². The van der Waals surface area contributed by atoms with E-state index in [1.54, 1.807) is 0 Å². The van der Waals surface area contributed by atoms with E-state index in [0.717, 1.165) is 37.2 Å². The first-order valence-electron chi connectivity index (χ1n) is 6.35. The van der Waals surface area contributed by atoms with Crippen LogP contribution in [-0.4, -0.2) is 29.2 Å². The van der Waals surface area contributed by atoms with Crippen molar-refractivity contribution in [1.29, 1.82) is 0 Å². The number of hydrogen-bond donors (Lipinski definition) is 0. The minimum Gasteiger partial charge on any atom is -0.362 e. The van der Waals surface area contributed by atoms with E-state index < -0.39 is 0 Å². The highest BCUT2D eigenvalue weighted by atomic mass is 32.2. The fourth-order valence-corrected chi connectivity index (χ4v) is 2.57. The molecule has 0 saturated carbocycles. The van der Waals surface area contributed by atoms with Gasteiger partial charge in [-0.15, -0.1) is 11.8 Å². The van der Waals surface area contributed by atoms with E-state index in [0.29, 0.717) is 0 Å². The molecule has 1 aromatic rings. The fourth-order valence-electron chi connectivity index (χ4n) is 1.90. The second-order valence-electron chi connectivity index (χ2n) is 4.13. The molecule has 0 saturated heterocycles. The topological polar surface area (TPSA) is 46.4 Å². The largest absolute Gasteiger partial charge is 0.362 e. The van der Waals surface area contributed by atoms with E-state index >= 15 is 0 Å². The first kappa shape index (κ1) is 15.6. The molecule has 0 unspecified atom stereocenters. The third kappa shape index (κ3) is 5.79. The molecule has 4 nitrogen and oxygen atoms in total. The van der Waals surface area contributed by atoms with Crippen molar-refractivity contribution in [2.45, 2.75) is 19.8 Å². The Morgan fingerprint density at radius 1 is 1.42 bits per heavy atom. The smallest absolute Gasteiger partial charge is 0.264 e. The van der Waals surface area contributed by atoms with Gasteiger partial charge in [-0.2, -0.15) is 0 Å². The highest BCUT2D eigenvalue weighted by Gasteiger charge is 2.10. The van der Waals surface area contributed by atoms with Crippen LogP contribution in [-0.2, 0) is 6.42 Å². The van der Waals surface area contributed by atoms with Crippen LogP contribution in [0, 0.1) is 10.1 Å². The Kier molecular flexibility index (Phi) is 7.03. The molecule has 0 bridgehead atoms. The second kappa shape index (κ2) is 8.58. The monoisotopic (exact) mass is 280 g/mol. The summed E-state index contributed by atoms with van der Waals surface area (Å²) in [4.78, 5) is 12.2. The van der Waals surface area contributed by atoms with Crippen LogP contribution in [0.3, 0.4) is 0 Å². The molecule has 104 valence electrons. The molecular formula is C14H20N2O2S. The van der Waals surface area contributed by atoms with Crippen LogP contribution in [0.5, 0.6) is 0 Å². The molecule has 0 N–H and O–H groups in total. The van der Waals surface area contributed by atoms with Gasteiger partial charge in [-0.3, -0.25) is 10.1 Å². The molecule has 1 rings (SSSR count). The van der Waals surface area contributed by atoms with Crippen molar-refractivity contribution in [3.63, 3.8) is 0 Å². The molecule has 5 heteroatoms. The number of hydrogen-bond acceptors (Lipinski definition) is 4. The molecule has 0 heterocycles. The lowest BCUT2D eigenvalue weighted by atomic mass is 10.1. The first-order valence-corrected chi connectivity index (χ1v) is 7.58. The highest BCUT2D eigenvalue weighted by Crippen LogP contribution is 2.18. The molecule has 0 amide bonds. The van der Waals surface area contributed by atoms with Gasteiger partial charge in [0.2, 0.25) is 0 Å². The maximum absolute atomic E-state index is 10.6. The molecule has 0 spiro atoms. The summed E-state index contributed by atoms with van der Waals surface area (Å²) in [5.41, 5.74) is 1.31. The minimum absolute atomic E-state index is 0.383. The Balaban J connectivity index is 2.50. The van der Waals surface area contributed by atoms with Crippen LogP contribution < -0.4 is 0 Å². The Hall–Kier alpha value is -1.49. The van der Waals surface area contributed by atoms with Gasteiger partial charge in [0.05, 0.1) is 4.92 Å². The lowest BCUT2D eigenvalue weighted by Crippen LogP contribution is -2.23. The van der Waals surface area contributed by atoms with Crippen molar-refractivity contribution in [2.24, 2.45) is 0 Å². The van der Waals surface area contributed by atoms with Gasteiger partial charge in [0.15, 0.2) is 0 Å². The predicted octanol–water partition coefficient (Wildman–Crippen LogP) is 3.38. The average molecular weight is 280 g/mol. The predicted molar refractivity (Wildman–Crippen MR) is 80.6 cm³/mol. The lowest BCUT2D eigenvalue weighted by molar-refractivity contribution is -0.403. The normalized spacial score (nSPS) is 11.4. The van der Waals surface area contributed by atoms with E-state index in [2.05, 4.69) is 17.0 Å². The fraction of sp³-hybridized carbons (Fsp3) is 0.429. The zero-order valence-corrected chi connectivity index (χ0v) is 12.2. The quantitative estimate of drug-likeness (QED) is 0.541. The van der Waals surface area contributed by atoms with Crippen LogP contribution in [0.1, 0.15) is 18.9 Å². The number of nitrogens with zero attached hydrogens (tertiary/aromatic N) is 2. The maximum Gasteiger partial charge on any atom is 0.264 e. The summed E-state index contributed by atoms with van der Waals surface area (Å²) in [6.07, 6.45) is 4.96. The molecule has 0 fully saturated rings. The number of rotatable bonds is 8. The van der Waals surface area contributed by atoms with Crippen molar-refractivity contribution in [3.8, 4) is 0 Å². The summed E-state index contributed by atoms with van der Waals surface area (Å²) < 4.78 is 0. The third-order valence-corrected chi connectivity index (χ3v) is 3.64. The third-order valence-electron chi connectivity index (χ3n) is 2.85. The second-order valence-corrected chi connectivity index (χ2v) is 4.95. The zero-order chi connectivity index (χ0) is 14.1. The Bertz CT molecular complexity index is 421. The molecule has 1 aromatic carbocycles. The summed E-state index contributed by atoms with van der Waals surface area (Å²) in [6.45, 7) is 3.65. The summed E-state index contributed by atoms with van der Waals surface area (Å²) >= 11 is 1.42. The zero-order valence-electron chi connectivity index (χ0n) is 11.4. The molecule has 0 aliphatic carbocycles. The molecule has 19 heavy (non-hydrogen) atoms. The molecule has 0 aliphatic rings. The lowest BCUT2D eigenvalue weighted by Gasteiger charge is -2.22.